The summed E-state index contributed by atoms with van der Waals surface area (Å²) in [4.78, 5) is 26.9. The maximum Gasteiger partial charge on any atom is 0.242 e. The summed E-state index contributed by atoms with van der Waals surface area (Å²) in [5.74, 6) is 0.451. The van der Waals surface area contributed by atoms with E-state index in [1.807, 2.05) is 15.5 Å². The molecule has 7 rings (SSSR count). The van der Waals surface area contributed by atoms with Gasteiger partial charge in [-0.3, -0.25) is 19.1 Å². The van der Waals surface area contributed by atoms with Crippen LogP contribution in [0.3, 0.4) is 0 Å². The molecule has 1 aliphatic heterocycles. The largest absolute Gasteiger partial charge is 0.360 e. The molecule has 2 aliphatic carbocycles. The van der Waals surface area contributed by atoms with Crippen molar-refractivity contribution in [3.05, 3.63) is 107 Å². The van der Waals surface area contributed by atoms with Gasteiger partial charge in [-0.2, -0.15) is 0 Å². The summed E-state index contributed by atoms with van der Waals surface area (Å²) in [6, 6.07) is 15.5. The zero-order chi connectivity index (χ0) is 28.5. The average Bonchev–Trinajstić information content (AvgIpc) is 3.39. The minimum atomic E-state index is -0.302. The number of carbonyl (C=O) groups is 1. The molecule has 7 nitrogen and oxygen atoms in total. The Kier molecular flexibility index (Phi) is 7.30. The Hall–Kier alpha value is -4.30. The first-order valence-electron chi connectivity index (χ1n) is 15.0. The quantitative estimate of drug-likeness (QED) is 0.332. The minimum absolute atomic E-state index is 0.0577. The highest BCUT2D eigenvalue weighted by Crippen LogP contribution is 2.41. The van der Waals surface area contributed by atoms with E-state index in [0.29, 0.717) is 30.2 Å². The third-order valence-corrected chi connectivity index (χ3v) is 8.87. The van der Waals surface area contributed by atoms with E-state index in [1.54, 1.807) is 30.1 Å². The first kappa shape index (κ1) is 26.6. The van der Waals surface area contributed by atoms with Crippen LogP contribution in [0.4, 0.5) is 10.2 Å². The van der Waals surface area contributed by atoms with Crippen molar-refractivity contribution in [1.29, 1.82) is 0 Å². The van der Waals surface area contributed by atoms with Gasteiger partial charge in [-0.05, 0) is 78.6 Å². The number of piperazine rings is 1. The van der Waals surface area contributed by atoms with Gasteiger partial charge in [0.15, 0.2) is 5.65 Å². The second kappa shape index (κ2) is 11.5. The number of rotatable bonds is 5. The number of nitrogens with one attached hydrogen (secondary N) is 1. The molecule has 42 heavy (non-hydrogen) atoms. The van der Waals surface area contributed by atoms with Crippen LogP contribution < -0.4 is 5.32 Å². The Morgan fingerprint density at radius 2 is 1.83 bits per heavy atom. The van der Waals surface area contributed by atoms with Crippen molar-refractivity contribution >= 4 is 17.4 Å². The molecule has 2 aromatic heterocycles. The van der Waals surface area contributed by atoms with Gasteiger partial charge in [0, 0.05) is 44.1 Å². The monoisotopic (exact) mass is 562 g/mol. The van der Waals surface area contributed by atoms with E-state index >= 15 is 0 Å². The molecular formula is C34H35FN6O. The number of hydrogen-bond donors (Lipinski definition) is 1. The van der Waals surface area contributed by atoms with Crippen LogP contribution in [0.2, 0.25) is 0 Å². The van der Waals surface area contributed by atoms with Gasteiger partial charge in [-0.25, -0.2) is 9.37 Å². The Morgan fingerprint density at radius 1 is 1.00 bits per heavy atom. The molecule has 4 aromatic rings. The molecule has 1 saturated heterocycles. The fraction of sp³-hybridized carbons (Fsp3) is 0.324. The number of anilines is 1. The maximum atomic E-state index is 13.6. The lowest BCUT2D eigenvalue weighted by molar-refractivity contribution is -0.131. The van der Waals surface area contributed by atoms with Gasteiger partial charge in [0.25, 0.3) is 0 Å². The van der Waals surface area contributed by atoms with E-state index in [2.05, 4.69) is 51.6 Å². The third kappa shape index (κ3) is 5.11. The number of carbonyl (C=O) groups excluding carboxylic acids is 1. The average molecular weight is 563 g/mol. The van der Waals surface area contributed by atoms with Gasteiger partial charge in [-0.1, -0.05) is 36.4 Å². The van der Waals surface area contributed by atoms with Crippen LogP contribution in [0.1, 0.15) is 42.9 Å². The van der Waals surface area contributed by atoms with Crippen molar-refractivity contribution in [2.45, 2.75) is 38.1 Å². The molecule has 3 aliphatic rings. The fourth-order valence-corrected chi connectivity index (χ4v) is 6.78. The summed E-state index contributed by atoms with van der Waals surface area (Å²) in [5.41, 5.74) is 8.09. The number of amides is 1. The van der Waals surface area contributed by atoms with E-state index in [1.165, 1.54) is 35.3 Å². The highest BCUT2D eigenvalue weighted by Gasteiger charge is 2.32. The zero-order valence-corrected chi connectivity index (χ0v) is 23.7. The Bertz CT molecular complexity index is 1670. The molecular weight excluding hydrogens is 527 g/mol. The number of nitrogens with zero attached hydrogens (tertiary/aromatic N) is 5. The predicted molar refractivity (Wildman–Crippen MR) is 163 cm³/mol. The molecule has 0 radical (unpaired) electrons. The van der Waals surface area contributed by atoms with Crippen LogP contribution in [0, 0.1) is 5.82 Å². The lowest BCUT2D eigenvalue weighted by Gasteiger charge is -2.42. The number of allylic oxidation sites excluding steroid dienone is 3. The number of aryl methyl sites for hydroxylation is 1. The number of halogens is 1. The van der Waals surface area contributed by atoms with Gasteiger partial charge < -0.3 is 10.2 Å². The van der Waals surface area contributed by atoms with Crippen molar-refractivity contribution in [2.75, 3.05) is 38.0 Å². The molecule has 1 fully saturated rings. The van der Waals surface area contributed by atoms with Crippen LogP contribution in [-0.4, -0.2) is 62.8 Å². The van der Waals surface area contributed by atoms with Crippen LogP contribution in [-0.2, 0) is 11.2 Å². The number of hydrogen-bond acceptors (Lipinski definition) is 5. The fourth-order valence-electron chi connectivity index (χ4n) is 6.78. The lowest BCUT2D eigenvalue weighted by Crippen LogP contribution is -2.51. The maximum absolute atomic E-state index is 13.6. The number of fused-ring (bicyclic) bond motifs is 2. The molecule has 0 saturated carbocycles. The van der Waals surface area contributed by atoms with Crippen LogP contribution in [0.5, 0.6) is 0 Å². The molecule has 8 heteroatoms. The predicted octanol–water partition coefficient (Wildman–Crippen LogP) is 5.82. The molecule has 0 spiro atoms. The van der Waals surface area contributed by atoms with E-state index < -0.39 is 0 Å². The molecule has 0 bridgehead atoms. The summed E-state index contributed by atoms with van der Waals surface area (Å²) in [5, 5.41) is 3.35. The van der Waals surface area contributed by atoms with Crippen molar-refractivity contribution in [3.63, 3.8) is 0 Å². The zero-order valence-electron chi connectivity index (χ0n) is 23.7. The smallest absolute Gasteiger partial charge is 0.242 e. The van der Waals surface area contributed by atoms with Gasteiger partial charge in [0.05, 0.1) is 18.8 Å². The van der Waals surface area contributed by atoms with Crippen molar-refractivity contribution in [2.24, 2.45) is 0 Å². The molecule has 214 valence electrons. The van der Waals surface area contributed by atoms with Crippen LogP contribution in [0.25, 0.3) is 16.9 Å². The topological polar surface area (TPSA) is 65.8 Å². The number of aromatic nitrogens is 3. The number of benzene rings is 2. The summed E-state index contributed by atoms with van der Waals surface area (Å²) in [6.45, 7) is 3.22. The standard InChI is InChI=1S/C34H35FN6O/c35-27-14-12-26(13-15-27)32-34(41-17-16-36-22-30(41)38-32)37-23-31(42)39-18-20-40(21-19-39)33-28-10-3-1-6-24(28)8-5-9-25-7-2-4-11-29(25)33/h1-3,6-7,10,12-17,22,33,37H,4-5,8-9,11,18-21,23H2. The van der Waals surface area contributed by atoms with Gasteiger partial charge >= 0.3 is 0 Å². The first-order chi connectivity index (χ1) is 20.7. The van der Waals surface area contributed by atoms with Gasteiger partial charge in [0.1, 0.15) is 17.3 Å². The van der Waals surface area contributed by atoms with E-state index in [0.717, 1.165) is 44.3 Å². The van der Waals surface area contributed by atoms with Gasteiger partial charge in [0.2, 0.25) is 5.91 Å². The van der Waals surface area contributed by atoms with Crippen LogP contribution >= 0.6 is 0 Å². The molecule has 1 unspecified atom stereocenters. The van der Waals surface area contributed by atoms with E-state index in [4.69, 9.17) is 4.98 Å². The SMILES string of the molecule is O=C(CNc1c(-c2ccc(F)cc2)nc2cnccn12)N1CCN(C2C3=C(C=CCC3)CCCc3ccccc32)CC1. The molecule has 3 heterocycles. The lowest BCUT2D eigenvalue weighted by atomic mass is 9.80. The Labute approximate surface area is 245 Å². The van der Waals surface area contributed by atoms with Crippen molar-refractivity contribution in [3.8, 4) is 11.3 Å². The van der Waals surface area contributed by atoms with E-state index in [9.17, 15) is 9.18 Å². The molecule has 1 amide bonds. The summed E-state index contributed by atoms with van der Waals surface area (Å²) in [7, 11) is 0. The Balaban J connectivity index is 1.07. The molecule has 1 atom stereocenters. The van der Waals surface area contributed by atoms with Crippen molar-refractivity contribution < 1.29 is 9.18 Å². The summed E-state index contributed by atoms with van der Waals surface area (Å²) < 4.78 is 15.5. The second-order valence-electron chi connectivity index (χ2n) is 11.3. The van der Waals surface area contributed by atoms with Gasteiger partial charge in [-0.15, -0.1) is 0 Å². The molecule has 1 N–H and O–H groups in total. The first-order valence-corrected chi connectivity index (χ1v) is 15.0. The summed E-state index contributed by atoms with van der Waals surface area (Å²) in [6.07, 6.45) is 15.5. The van der Waals surface area contributed by atoms with Crippen molar-refractivity contribution in [1.82, 2.24) is 24.2 Å². The highest BCUT2D eigenvalue weighted by molar-refractivity contribution is 5.84. The Morgan fingerprint density at radius 3 is 2.69 bits per heavy atom. The highest BCUT2D eigenvalue weighted by atomic mass is 19.1. The minimum Gasteiger partial charge on any atom is -0.360 e. The molecule has 2 aromatic carbocycles. The summed E-state index contributed by atoms with van der Waals surface area (Å²) >= 11 is 0. The number of imidazole rings is 1. The third-order valence-electron chi connectivity index (χ3n) is 8.87. The van der Waals surface area contributed by atoms with E-state index in [-0.39, 0.29) is 24.3 Å². The van der Waals surface area contributed by atoms with Crippen LogP contribution in [0.15, 0.2) is 90.4 Å². The normalized spacial score (nSPS) is 19.3. The second-order valence-corrected chi connectivity index (χ2v) is 11.3.